The summed E-state index contributed by atoms with van der Waals surface area (Å²) in [6.45, 7) is 3.87. The molecule has 1 aliphatic rings. The van der Waals surface area contributed by atoms with Crippen molar-refractivity contribution < 1.29 is 0 Å². The van der Waals surface area contributed by atoms with Crippen LogP contribution in [0.3, 0.4) is 0 Å². The van der Waals surface area contributed by atoms with E-state index in [4.69, 9.17) is 24.4 Å². The van der Waals surface area contributed by atoms with Crippen molar-refractivity contribution >= 4 is 34.4 Å². The first-order chi connectivity index (χ1) is 6.59. The molecule has 1 saturated carbocycles. The van der Waals surface area contributed by atoms with Crippen molar-refractivity contribution in [3.63, 3.8) is 0 Å². The van der Waals surface area contributed by atoms with Crippen molar-refractivity contribution in [3.05, 3.63) is 0 Å². The van der Waals surface area contributed by atoms with Crippen LogP contribution in [0.5, 0.6) is 0 Å². The quantitative estimate of drug-likeness (QED) is 0.710. The van der Waals surface area contributed by atoms with E-state index < -0.39 is 0 Å². The first-order valence-electron chi connectivity index (χ1n) is 5.14. The number of nitrogens with one attached hydrogen (secondary N) is 2. The van der Waals surface area contributed by atoms with Gasteiger partial charge in [0.25, 0.3) is 0 Å². The molecule has 0 saturated heterocycles. The molecule has 0 aromatic heterocycles. The lowest BCUT2D eigenvalue weighted by Crippen LogP contribution is -2.51. The minimum Gasteiger partial charge on any atom is -0.375 e. The van der Waals surface area contributed by atoms with E-state index in [1.807, 2.05) is 13.8 Å². The van der Waals surface area contributed by atoms with E-state index in [0.29, 0.717) is 12.1 Å². The molecule has 0 aromatic rings. The Morgan fingerprint density at radius 2 is 1.29 bits per heavy atom. The summed E-state index contributed by atoms with van der Waals surface area (Å²) in [5, 5.41) is 6.69. The zero-order chi connectivity index (χ0) is 10.6. The van der Waals surface area contributed by atoms with Crippen LogP contribution in [0.25, 0.3) is 0 Å². The maximum Gasteiger partial charge on any atom is 0.0724 e. The predicted octanol–water partition coefficient (Wildman–Crippen LogP) is 2.17. The molecule has 0 aromatic carbocycles. The predicted molar refractivity (Wildman–Crippen MR) is 68.9 cm³/mol. The molecule has 0 amide bonds. The van der Waals surface area contributed by atoms with Crippen molar-refractivity contribution in [1.29, 1.82) is 0 Å². The van der Waals surface area contributed by atoms with Gasteiger partial charge in [-0.1, -0.05) is 37.3 Å². The monoisotopic (exact) mass is 230 g/mol. The van der Waals surface area contributed by atoms with Gasteiger partial charge in [-0.2, -0.15) is 0 Å². The molecule has 0 unspecified atom stereocenters. The highest BCUT2D eigenvalue weighted by Gasteiger charge is 2.24. The van der Waals surface area contributed by atoms with Gasteiger partial charge in [0.1, 0.15) is 0 Å². The first kappa shape index (κ1) is 11.9. The van der Waals surface area contributed by atoms with Crippen LogP contribution >= 0.6 is 24.4 Å². The van der Waals surface area contributed by atoms with E-state index in [0.717, 1.165) is 9.98 Å². The van der Waals surface area contributed by atoms with E-state index in [9.17, 15) is 0 Å². The molecule has 0 heterocycles. The van der Waals surface area contributed by atoms with Gasteiger partial charge in [0.2, 0.25) is 0 Å². The van der Waals surface area contributed by atoms with Crippen LogP contribution in [-0.4, -0.2) is 22.1 Å². The van der Waals surface area contributed by atoms with Gasteiger partial charge in [-0.15, -0.1) is 0 Å². The second-order valence-corrected chi connectivity index (χ2v) is 5.12. The minimum atomic E-state index is 0.458. The highest BCUT2D eigenvalue weighted by molar-refractivity contribution is 7.80. The fourth-order valence-electron chi connectivity index (χ4n) is 2.00. The summed E-state index contributed by atoms with van der Waals surface area (Å²) in [6, 6.07) is 0.915. The zero-order valence-electron chi connectivity index (χ0n) is 8.80. The molecular weight excluding hydrogens is 212 g/mol. The van der Waals surface area contributed by atoms with Gasteiger partial charge in [0.15, 0.2) is 0 Å². The summed E-state index contributed by atoms with van der Waals surface area (Å²) in [5.41, 5.74) is 0. The third kappa shape index (κ3) is 3.88. The van der Waals surface area contributed by atoms with Crippen LogP contribution in [0.15, 0.2) is 0 Å². The smallest absolute Gasteiger partial charge is 0.0724 e. The second-order valence-electron chi connectivity index (χ2n) is 3.90. The lowest BCUT2D eigenvalue weighted by molar-refractivity contribution is 0.339. The molecule has 2 atom stereocenters. The molecule has 1 fully saturated rings. The highest BCUT2D eigenvalue weighted by atomic mass is 32.1. The second kappa shape index (κ2) is 5.61. The molecule has 80 valence electrons. The molecule has 1 rings (SSSR count). The summed E-state index contributed by atoms with van der Waals surface area (Å²) in [5.74, 6) is 0. The normalized spacial score (nSPS) is 26.7. The Morgan fingerprint density at radius 1 is 0.929 bits per heavy atom. The summed E-state index contributed by atoms with van der Waals surface area (Å²) in [6.07, 6.45) is 4.95. The Hall–Kier alpha value is -0.220. The van der Waals surface area contributed by atoms with E-state index >= 15 is 0 Å². The molecule has 0 bridgehead atoms. The van der Waals surface area contributed by atoms with Gasteiger partial charge in [0, 0.05) is 12.1 Å². The fraction of sp³-hybridized carbons (Fsp3) is 0.800. The van der Waals surface area contributed by atoms with E-state index in [-0.39, 0.29) is 0 Å². The zero-order valence-corrected chi connectivity index (χ0v) is 10.4. The highest BCUT2D eigenvalue weighted by Crippen LogP contribution is 2.18. The van der Waals surface area contributed by atoms with Crippen molar-refractivity contribution in [1.82, 2.24) is 10.6 Å². The average molecular weight is 230 g/mol. The molecule has 0 aliphatic heterocycles. The molecule has 0 radical (unpaired) electrons. The van der Waals surface area contributed by atoms with Gasteiger partial charge in [0.05, 0.1) is 9.98 Å². The van der Waals surface area contributed by atoms with Crippen LogP contribution < -0.4 is 10.6 Å². The van der Waals surface area contributed by atoms with Crippen LogP contribution in [0, 0.1) is 0 Å². The van der Waals surface area contributed by atoms with E-state index in [1.165, 1.54) is 25.7 Å². The standard InChI is InChI=1S/C10H18N2S2/c1-7(13)11-9-5-3-4-6-10(9)12-8(2)14/h9-10H,3-6H2,1-2H3,(H,11,13)(H,12,14)/t9-,10-/m1/s1. The molecule has 4 heteroatoms. The third-order valence-corrected chi connectivity index (χ3v) is 2.78. The Morgan fingerprint density at radius 3 is 1.57 bits per heavy atom. The molecule has 14 heavy (non-hydrogen) atoms. The van der Waals surface area contributed by atoms with Gasteiger partial charge in [-0.05, 0) is 26.7 Å². The van der Waals surface area contributed by atoms with Crippen molar-refractivity contribution in [2.75, 3.05) is 0 Å². The molecule has 2 N–H and O–H groups in total. The minimum absolute atomic E-state index is 0.458. The molecular formula is C10H18N2S2. The molecule has 1 aliphatic carbocycles. The lowest BCUT2D eigenvalue weighted by atomic mass is 9.90. The fourth-order valence-corrected chi connectivity index (χ4v) is 2.30. The largest absolute Gasteiger partial charge is 0.375 e. The Labute approximate surface area is 96.8 Å². The maximum atomic E-state index is 5.07. The van der Waals surface area contributed by atoms with Gasteiger partial charge in [-0.3, -0.25) is 0 Å². The van der Waals surface area contributed by atoms with Gasteiger partial charge >= 0.3 is 0 Å². The average Bonchev–Trinajstić information content (AvgIpc) is 2.06. The van der Waals surface area contributed by atoms with Crippen molar-refractivity contribution in [2.24, 2.45) is 0 Å². The molecule has 2 nitrogen and oxygen atoms in total. The van der Waals surface area contributed by atoms with Gasteiger partial charge in [-0.25, -0.2) is 0 Å². The number of rotatable bonds is 2. The van der Waals surface area contributed by atoms with Crippen LogP contribution in [-0.2, 0) is 0 Å². The van der Waals surface area contributed by atoms with Gasteiger partial charge < -0.3 is 10.6 Å². The first-order valence-corrected chi connectivity index (χ1v) is 5.95. The van der Waals surface area contributed by atoms with E-state index in [2.05, 4.69) is 10.6 Å². The summed E-state index contributed by atoms with van der Waals surface area (Å²) in [7, 11) is 0. The topological polar surface area (TPSA) is 24.1 Å². The Balaban J connectivity index is 2.49. The summed E-state index contributed by atoms with van der Waals surface area (Å²) < 4.78 is 0. The SMILES string of the molecule is CC(=S)N[C@@H]1CCCC[C@H]1NC(C)=S. The summed E-state index contributed by atoms with van der Waals surface area (Å²) >= 11 is 10.1. The van der Waals surface area contributed by atoms with E-state index in [1.54, 1.807) is 0 Å². The number of hydrogen-bond acceptors (Lipinski definition) is 2. The number of thiocarbonyl (C=S) groups is 2. The Bertz CT molecular complexity index is 204. The maximum absolute atomic E-state index is 5.07. The molecule has 0 spiro atoms. The number of hydrogen-bond donors (Lipinski definition) is 2. The Kier molecular flexibility index (Phi) is 4.75. The summed E-state index contributed by atoms with van der Waals surface area (Å²) in [4.78, 5) is 1.76. The van der Waals surface area contributed by atoms with Crippen LogP contribution in [0.2, 0.25) is 0 Å². The van der Waals surface area contributed by atoms with Crippen LogP contribution in [0.4, 0.5) is 0 Å². The van der Waals surface area contributed by atoms with Crippen molar-refractivity contribution in [3.8, 4) is 0 Å². The third-order valence-electron chi connectivity index (χ3n) is 2.54. The van der Waals surface area contributed by atoms with Crippen LogP contribution in [0.1, 0.15) is 39.5 Å². The lowest BCUT2D eigenvalue weighted by Gasteiger charge is -2.33. The van der Waals surface area contributed by atoms with Crippen molar-refractivity contribution in [2.45, 2.75) is 51.6 Å².